The van der Waals surface area contributed by atoms with E-state index in [0.717, 1.165) is 30.8 Å². The molecule has 1 saturated heterocycles. The molecule has 0 aromatic heterocycles. The predicted octanol–water partition coefficient (Wildman–Crippen LogP) is 3.01. The van der Waals surface area contributed by atoms with E-state index in [1.807, 2.05) is 12.1 Å². The highest BCUT2D eigenvalue weighted by Crippen LogP contribution is 2.23. The lowest BCUT2D eigenvalue weighted by Gasteiger charge is -2.32. The van der Waals surface area contributed by atoms with Crippen LogP contribution in [0.15, 0.2) is 48.5 Å². The second kappa shape index (κ2) is 10.0. The molecule has 2 aromatic rings. The zero-order valence-electron chi connectivity index (χ0n) is 18.4. The third kappa shape index (κ3) is 6.62. The Bertz CT molecular complexity index is 975. The summed E-state index contributed by atoms with van der Waals surface area (Å²) in [6, 6.07) is 14.9. The average Bonchev–Trinajstić information content (AvgIpc) is 2.76. The number of nitrogens with one attached hydrogen (secondary N) is 1. The minimum atomic E-state index is -3.31. The number of carbonyl (C=O) groups is 1. The van der Waals surface area contributed by atoms with Crippen molar-refractivity contribution >= 4 is 27.3 Å². The minimum absolute atomic E-state index is 0.106. The molecule has 1 N–H and O–H groups in total. The van der Waals surface area contributed by atoms with Gasteiger partial charge in [-0.05, 0) is 60.7 Å². The van der Waals surface area contributed by atoms with Gasteiger partial charge in [0, 0.05) is 32.4 Å². The fourth-order valence-corrected chi connectivity index (χ4v) is 4.10. The summed E-state index contributed by atoms with van der Waals surface area (Å²) in [6.45, 7) is 4.82. The van der Waals surface area contributed by atoms with E-state index in [9.17, 15) is 13.2 Å². The molecule has 31 heavy (non-hydrogen) atoms. The van der Waals surface area contributed by atoms with Gasteiger partial charge in [0.2, 0.25) is 10.0 Å². The predicted molar refractivity (Wildman–Crippen MR) is 124 cm³/mol. The van der Waals surface area contributed by atoms with Crippen LogP contribution in [0.1, 0.15) is 25.3 Å². The fourth-order valence-electron chi connectivity index (χ4n) is 3.59. The Morgan fingerprint density at radius 1 is 1.16 bits per heavy atom. The van der Waals surface area contributed by atoms with E-state index in [1.54, 1.807) is 24.3 Å². The summed E-state index contributed by atoms with van der Waals surface area (Å²) in [5, 5.41) is 2.86. The summed E-state index contributed by atoms with van der Waals surface area (Å²) in [4.78, 5) is 14.5. The molecule has 1 amide bonds. The Hall–Kier alpha value is -2.74. The van der Waals surface area contributed by atoms with Crippen molar-refractivity contribution in [3.63, 3.8) is 0 Å². The summed E-state index contributed by atoms with van der Waals surface area (Å²) < 4.78 is 29.8. The van der Waals surface area contributed by atoms with Crippen LogP contribution in [0.3, 0.4) is 0 Å². The highest BCUT2D eigenvalue weighted by atomic mass is 32.2. The van der Waals surface area contributed by atoms with Crippen molar-refractivity contribution in [3.05, 3.63) is 54.1 Å². The number of sulfonamides is 1. The van der Waals surface area contributed by atoms with E-state index in [4.69, 9.17) is 4.74 Å². The minimum Gasteiger partial charge on any atom is -0.484 e. The molecule has 1 aliphatic rings. The zero-order valence-corrected chi connectivity index (χ0v) is 19.2. The SMILES string of the molecule is CC1CCCN(c2ccc(CNC(=O)COc3ccc(N(C)S(C)(=O)=O)cc3)cc2)C1. The summed E-state index contributed by atoms with van der Waals surface area (Å²) >= 11 is 0. The number of amides is 1. The average molecular weight is 446 g/mol. The Balaban J connectivity index is 1.44. The van der Waals surface area contributed by atoms with Crippen LogP contribution in [-0.2, 0) is 21.4 Å². The van der Waals surface area contributed by atoms with Crippen molar-refractivity contribution in [2.24, 2.45) is 5.92 Å². The van der Waals surface area contributed by atoms with Crippen LogP contribution in [0.4, 0.5) is 11.4 Å². The van der Waals surface area contributed by atoms with Crippen molar-refractivity contribution in [1.82, 2.24) is 5.32 Å². The third-order valence-electron chi connectivity index (χ3n) is 5.52. The number of anilines is 2. The number of ether oxygens (including phenoxy) is 1. The molecule has 168 valence electrons. The van der Waals surface area contributed by atoms with Gasteiger partial charge in [-0.2, -0.15) is 0 Å². The van der Waals surface area contributed by atoms with Crippen LogP contribution in [0.25, 0.3) is 0 Å². The summed E-state index contributed by atoms with van der Waals surface area (Å²) in [5.41, 5.74) is 2.80. The molecule has 0 aliphatic carbocycles. The number of hydrogen-bond donors (Lipinski definition) is 1. The second-order valence-corrected chi connectivity index (χ2v) is 10.2. The number of hydrogen-bond acceptors (Lipinski definition) is 5. The Morgan fingerprint density at radius 2 is 1.84 bits per heavy atom. The highest BCUT2D eigenvalue weighted by molar-refractivity contribution is 7.92. The molecule has 1 unspecified atom stereocenters. The lowest BCUT2D eigenvalue weighted by atomic mass is 9.99. The molecule has 1 atom stereocenters. The quantitative estimate of drug-likeness (QED) is 0.676. The molecule has 1 fully saturated rings. The van der Waals surface area contributed by atoms with Crippen LogP contribution in [0.5, 0.6) is 5.75 Å². The normalized spacial score (nSPS) is 16.6. The van der Waals surface area contributed by atoms with Crippen molar-refractivity contribution in [1.29, 1.82) is 0 Å². The lowest BCUT2D eigenvalue weighted by molar-refractivity contribution is -0.123. The second-order valence-electron chi connectivity index (χ2n) is 8.15. The van der Waals surface area contributed by atoms with Crippen LogP contribution >= 0.6 is 0 Å². The van der Waals surface area contributed by atoms with E-state index in [1.165, 1.54) is 29.9 Å². The standard InChI is InChI=1S/C23H31N3O4S/c1-18-5-4-14-26(16-18)21-8-6-19(7-9-21)15-24-23(27)17-30-22-12-10-20(11-13-22)25(2)31(3,28)29/h6-13,18H,4-5,14-17H2,1-3H3,(H,24,27). The summed E-state index contributed by atoms with van der Waals surface area (Å²) in [5.74, 6) is 1.01. The Labute approximate surface area is 185 Å². The maximum absolute atomic E-state index is 12.1. The molecule has 0 spiro atoms. The first-order valence-electron chi connectivity index (χ1n) is 10.5. The molecule has 0 radical (unpaired) electrons. The van der Waals surface area contributed by atoms with Crippen molar-refractivity contribution in [2.75, 3.05) is 42.2 Å². The molecule has 8 heteroatoms. The summed E-state index contributed by atoms with van der Waals surface area (Å²) in [6.07, 6.45) is 3.67. The van der Waals surface area contributed by atoms with Crippen molar-refractivity contribution < 1.29 is 17.9 Å². The van der Waals surface area contributed by atoms with Gasteiger partial charge in [0.25, 0.3) is 5.91 Å². The number of piperidine rings is 1. The lowest BCUT2D eigenvalue weighted by Crippen LogP contribution is -2.34. The first kappa shape index (κ1) is 22.9. The maximum Gasteiger partial charge on any atom is 0.258 e. The zero-order chi connectivity index (χ0) is 22.4. The number of benzene rings is 2. The monoisotopic (exact) mass is 445 g/mol. The van der Waals surface area contributed by atoms with Crippen molar-refractivity contribution in [2.45, 2.75) is 26.3 Å². The van der Waals surface area contributed by atoms with Gasteiger partial charge in [0.1, 0.15) is 5.75 Å². The molecule has 0 saturated carbocycles. The van der Waals surface area contributed by atoms with E-state index in [-0.39, 0.29) is 12.5 Å². The van der Waals surface area contributed by atoms with Crippen LogP contribution < -0.4 is 19.3 Å². The van der Waals surface area contributed by atoms with E-state index in [0.29, 0.717) is 18.0 Å². The van der Waals surface area contributed by atoms with Crippen LogP contribution in [0, 0.1) is 5.92 Å². The Kier molecular flexibility index (Phi) is 7.43. The van der Waals surface area contributed by atoms with E-state index < -0.39 is 10.0 Å². The first-order chi connectivity index (χ1) is 14.7. The smallest absolute Gasteiger partial charge is 0.258 e. The fraction of sp³-hybridized carbons (Fsp3) is 0.435. The van der Waals surface area contributed by atoms with Gasteiger partial charge in [-0.25, -0.2) is 8.42 Å². The van der Waals surface area contributed by atoms with Gasteiger partial charge in [-0.1, -0.05) is 19.1 Å². The maximum atomic E-state index is 12.1. The molecule has 1 heterocycles. The number of nitrogens with zero attached hydrogens (tertiary/aromatic N) is 2. The first-order valence-corrected chi connectivity index (χ1v) is 12.3. The van der Waals surface area contributed by atoms with Gasteiger partial charge in [-0.3, -0.25) is 9.10 Å². The molecular formula is C23H31N3O4S. The number of rotatable bonds is 8. The molecule has 7 nitrogen and oxygen atoms in total. The van der Waals surface area contributed by atoms with Gasteiger partial charge in [0.15, 0.2) is 6.61 Å². The van der Waals surface area contributed by atoms with Gasteiger partial charge >= 0.3 is 0 Å². The molecule has 1 aliphatic heterocycles. The largest absolute Gasteiger partial charge is 0.484 e. The van der Waals surface area contributed by atoms with Gasteiger partial charge in [-0.15, -0.1) is 0 Å². The van der Waals surface area contributed by atoms with Gasteiger partial charge in [0.05, 0.1) is 11.9 Å². The highest BCUT2D eigenvalue weighted by Gasteiger charge is 2.16. The van der Waals surface area contributed by atoms with Crippen LogP contribution in [0.2, 0.25) is 0 Å². The molecular weight excluding hydrogens is 414 g/mol. The topological polar surface area (TPSA) is 79.0 Å². The number of carbonyl (C=O) groups excluding carboxylic acids is 1. The van der Waals surface area contributed by atoms with Gasteiger partial charge < -0.3 is 15.0 Å². The summed E-state index contributed by atoms with van der Waals surface area (Å²) in [7, 11) is -1.83. The van der Waals surface area contributed by atoms with E-state index >= 15 is 0 Å². The van der Waals surface area contributed by atoms with E-state index in [2.05, 4.69) is 29.3 Å². The molecule has 3 rings (SSSR count). The molecule has 2 aromatic carbocycles. The molecule has 0 bridgehead atoms. The Morgan fingerprint density at radius 3 is 2.45 bits per heavy atom. The van der Waals surface area contributed by atoms with Crippen LogP contribution in [-0.4, -0.2) is 47.3 Å². The van der Waals surface area contributed by atoms with Crippen molar-refractivity contribution in [3.8, 4) is 5.75 Å². The third-order valence-corrected chi connectivity index (χ3v) is 6.72.